The third-order valence-corrected chi connectivity index (χ3v) is 3.68. The smallest absolute Gasteiger partial charge is 0.231 e. The van der Waals surface area contributed by atoms with Crippen LogP contribution in [-0.4, -0.2) is 25.0 Å². The number of benzene rings is 2. The minimum atomic E-state index is -0.570. The first kappa shape index (κ1) is 13.8. The molecule has 0 saturated carbocycles. The van der Waals surface area contributed by atoms with E-state index in [2.05, 4.69) is 24.0 Å². The van der Waals surface area contributed by atoms with Gasteiger partial charge in [-0.25, -0.2) is 0 Å². The second kappa shape index (κ2) is 6.06. The summed E-state index contributed by atoms with van der Waals surface area (Å²) in [5.41, 5.74) is 1.95. The minimum Gasteiger partial charge on any atom is -0.454 e. The van der Waals surface area contributed by atoms with Crippen LogP contribution in [0.4, 0.5) is 5.69 Å². The highest BCUT2D eigenvalue weighted by molar-refractivity contribution is 5.48. The SMILES string of the molecule is CCN(CC(O)c1ccc2c(c1)OCO2)c1ccccc1. The lowest BCUT2D eigenvalue weighted by molar-refractivity contribution is 0.172. The van der Waals surface area contributed by atoms with E-state index in [0.717, 1.165) is 23.5 Å². The van der Waals surface area contributed by atoms with Crippen molar-refractivity contribution >= 4 is 5.69 Å². The molecule has 0 saturated heterocycles. The van der Waals surface area contributed by atoms with Crippen LogP contribution in [0, 0.1) is 0 Å². The molecule has 0 spiro atoms. The highest BCUT2D eigenvalue weighted by Gasteiger charge is 2.18. The molecule has 0 fully saturated rings. The monoisotopic (exact) mass is 285 g/mol. The molecule has 1 heterocycles. The van der Waals surface area contributed by atoms with Gasteiger partial charge < -0.3 is 19.5 Å². The van der Waals surface area contributed by atoms with Crippen molar-refractivity contribution in [3.05, 3.63) is 54.1 Å². The lowest BCUT2D eigenvalue weighted by atomic mass is 10.1. The molecule has 0 amide bonds. The summed E-state index contributed by atoms with van der Waals surface area (Å²) in [6.07, 6.45) is -0.570. The van der Waals surface area contributed by atoms with E-state index in [1.165, 1.54) is 0 Å². The Kier molecular flexibility index (Phi) is 3.97. The van der Waals surface area contributed by atoms with Crippen LogP contribution in [-0.2, 0) is 0 Å². The van der Waals surface area contributed by atoms with Crippen LogP contribution in [0.2, 0.25) is 0 Å². The molecule has 1 unspecified atom stereocenters. The Labute approximate surface area is 124 Å². The summed E-state index contributed by atoms with van der Waals surface area (Å²) in [6, 6.07) is 15.7. The first-order valence-corrected chi connectivity index (χ1v) is 7.15. The van der Waals surface area contributed by atoms with E-state index < -0.39 is 6.10 Å². The predicted octanol–water partition coefficient (Wildman–Crippen LogP) is 2.98. The summed E-state index contributed by atoms with van der Waals surface area (Å²) in [5.74, 6) is 1.44. The van der Waals surface area contributed by atoms with Gasteiger partial charge in [-0.3, -0.25) is 0 Å². The Balaban J connectivity index is 1.74. The van der Waals surface area contributed by atoms with Crippen molar-refractivity contribution in [3.63, 3.8) is 0 Å². The Bertz CT molecular complexity index is 600. The van der Waals surface area contributed by atoms with Crippen LogP contribution in [0.3, 0.4) is 0 Å². The zero-order valence-corrected chi connectivity index (χ0v) is 12.0. The van der Waals surface area contributed by atoms with Crippen molar-refractivity contribution in [2.45, 2.75) is 13.0 Å². The lowest BCUT2D eigenvalue weighted by Crippen LogP contribution is -2.28. The van der Waals surface area contributed by atoms with Gasteiger partial charge in [-0.05, 0) is 36.8 Å². The maximum Gasteiger partial charge on any atom is 0.231 e. The summed E-state index contributed by atoms with van der Waals surface area (Å²) in [4.78, 5) is 2.15. The molecule has 0 bridgehead atoms. The third-order valence-electron chi connectivity index (χ3n) is 3.68. The summed E-state index contributed by atoms with van der Waals surface area (Å²) in [6.45, 7) is 3.71. The summed E-state index contributed by atoms with van der Waals surface area (Å²) >= 11 is 0. The highest BCUT2D eigenvalue weighted by atomic mass is 16.7. The van der Waals surface area contributed by atoms with Gasteiger partial charge in [0.05, 0.1) is 6.10 Å². The average molecular weight is 285 g/mol. The lowest BCUT2D eigenvalue weighted by Gasteiger charge is -2.26. The van der Waals surface area contributed by atoms with Crippen LogP contribution in [0.25, 0.3) is 0 Å². The zero-order valence-electron chi connectivity index (χ0n) is 12.0. The molecule has 1 atom stereocenters. The number of hydrogen-bond donors (Lipinski definition) is 1. The van der Waals surface area contributed by atoms with Crippen molar-refractivity contribution in [1.82, 2.24) is 0 Å². The largest absolute Gasteiger partial charge is 0.454 e. The van der Waals surface area contributed by atoms with Gasteiger partial charge in [0.1, 0.15) is 0 Å². The molecule has 1 aliphatic rings. The number of nitrogens with zero attached hydrogens (tertiary/aromatic N) is 1. The van der Waals surface area contributed by atoms with Gasteiger partial charge in [0.25, 0.3) is 0 Å². The molecule has 0 radical (unpaired) electrons. The van der Waals surface area contributed by atoms with E-state index in [9.17, 15) is 5.11 Å². The zero-order chi connectivity index (χ0) is 14.7. The number of anilines is 1. The number of ether oxygens (including phenoxy) is 2. The number of hydrogen-bond acceptors (Lipinski definition) is 4. The first-order chi connectivity index (χ1) is 10.3. The summed E-state index contributed by atoms with van der Waals surface area (Å²) in [7, 11) is 0. The van der Waals surface area contributed by atoms with Gasteiger partial charge in [-0.1, -0.05) is 24.3 Å². The molecule has 3 rings (SSSR count). The molecular formula is C17H19NO3. The number of aliphatic hydroxyl groups excluding tert-OH is 1. The van der Waals surface area contributed by atoms with Crippen molar-refractivity contribution in [2.75, 3.05) is 24.8 Å². The Morgan fingerprint density at radius 1 is 1.10 bits per heavy atom. The van der Waals surface area contributed by atoms with E-state index in [-0.39, 0.29) is 6.79 Å². The van der Waals surface area contributed by atoms with E-state index >= 15 is 0 Å². The quantitative estimate of drug-likeness (QED) is 0.917. The fourth-order valence-corrected chi connectivity index (χ4v) is 2.49. The first-order valence-electron chi connectivity index (χ1n) is 7.15. The fraction of sp³-hybridized carbons (Fsp3) is 0.294. The van der Waals surface area contributed by atoms with Crippen LogP contribution < -0.4 is 14.4 Å². The van der Waals surface area contributed by atoms with Crippen molar-refractivity contribution in [2.24, 2.45) is 0 Å². The summed E-state index contributed by atoms with van der Waals surface area (Å²) in [5, 5.41) is 10.5. The number of likely N-dealkylation sites (N-methyl/N-ethyl adjacent to an activating group) is 1. The maximum atomic E-state index is 10.5. The predicted molar refractivity (Wildman–Crippen MR) is 81.9 cm³/mol. The van der Waals surface area contributed by atoms with Crippen LogP contribution in [0.15, 0.2) is 48.5 Å². The number of rotatable bonds is 5. The van der Waals surface area contributed by atoms with Crippen LogP contribution in [0.1, 0.15) is 18.6 Å². The number of para-hydroxylation sites is 1. The Morgan fingerprint density at radius 3 is 2.62 bits per heavy atom. The van der Waals surface area contributed by atoms with Crippen molar-refractivity contribution in [1.29, 1.82) is 0 Å². The fourth-order valence-electron chi connectivity index (χ4n) is 2.49. The molecule has 0 aliphatic carbocycles. The van der Waals surface area contributed by atoms with Gasteiger partial charge in [0.2, 0.25) is 6.79 Å². The second-order valence-electron chi connectivity index (χ2n) is 5.00. The standard InChI is InChI=1S/C17H19NO3/c1-2-18(14-6-4-3-5-7-14)11-15(19)13-8-9-16-17(10-13)21-12-20-16/h3-10,15,19H,2,11-12H2,1H3. The molecule has 0 aromatic heterocycles. The van der Waals surface area contributed by atoms with Gasteiger partial charge in [0.15, 0.2) is 11.5 Å². The minimum absolute atomic E-state index is 0.250. The molecule has 2 aromatic carbocycles. The van der Waals surface area contributed by atoms with Gasteiger partial charge in [-0.15, -0.1) is 0 Å². The highest BCUT2D eigenvalue weighted by Crippen LogP contribution is 2.34. The van der Waals surface area contributed by atoms with Gasteiger partial charge in [0, 0.05) is 18.8 Å². The number of fused-ring (bicyclic) bond motifs is 1. The van der Waals surface area contributed by atoms with Crippen molar-refractivity contribution < 1.29 is 14.6 Å². The third kappa shape index (κ3) is 2.95. The normalized spacial score (nSPS) is 14.0. The molecule has 110 valence electrons. The molecule has 4 nitrogen and oxygen atoms in total. The van der Waals surface area contributed by atoms with E-state index in [0.29, 0.717) is 12.3 Å². The molecule has 1 N–H and O–H groups in total. The Morgan fingerprint density at radius 2 is 1.86 bits per heavy atom. The van der Waals surface area contributed by atoms with E-state index in [4.69, 9.17) is 9.47 Å². The molecule has 21 heavy (non-hydrogen) atoms. The summed E-state index contributed by atoms with van der Waals surface area (Å²) < 4.78 is 10.6. The van der Waals surface area contributed by atoms with Crippen LogP contribution >= 0.6 is 0 Å². The topological polar surface area (TPSA) is 41.9 Å². The molecular weight excluding hydrogens is 266 g/mol. The second-order valence-corrected chi connectivity index (χ2v) is 5.00. The molecule has 4 heteroatoms. The Hall–Kier alpha value is -2.20. The maximum absolute atomic E-state index is 10.5. The molecule has 1 aliphatic heterocycles. The molecule has 2 aromatic rings. The van der Waals surface area contributed by atoms with Crippen molar-refractivity contribution in [3.8, 4) is 11.5 Å². The van der Waals surface area contributed by atoms with E-state index in [1.54, 1.807) is 0 Å². The van der Waals surface area contributed by atoms with Gasteiger partial charge >= 0.3 is 0 Å². The average Bonchev–Trinajstić information content (AvgIpc) is 3.00. The van der Waals surface area contributed by atoms with Crippen LogP contribution in [0.5, 0.6) is 11.5 Å². The number of aliphatic hydroxyl groups is 1. The van der Waals surface area contributed by atoms with E-state index in [1.807, 2.05) is 36.4 Å². The van der Waals surface area contributed by atoms with Gasteiger partial charge in [-0.2, -0.15) is 0 Å².